The molecule has 4 nitrogen and oxygen atoms in total. The lowest BCUT2D eigenvalue weighted by molar-refractivity contribution is 0.184. The van der Waals surface area contributed by atoms with Crippen molar-refractivity contribution >= 4 is 26.8 Å². The number of nitrogens with zero attached hydrogens (tertiary/aromatic N) is 3. The van der Waals surface area contributed by atoms with Crippen LogP contribution in [0.2, 0.25) is 0 Å². The fourth-order valence-corrected chi connectivity index (χ4v) is 3.20. The number of methoxy groups -OCH3 is 1. The third kappa shape index (κ3) is 3.59. The second kappa shape index (κ2) is 7.20. The van der Waals surface area contributed by atoms with Gasteiger partial charge in [-0.3, -0.25) is 9.58 Å². The average molecular weight is 340 g/mol. The summed E-state index contributed by atoms with van der Waals surface area (Å²) in [4.78, 5) is 2.62. The van der Waals surface area contributed by atoms with Crippen molar-refractivity contribution in [1.82, 2.24) is 14.7 Å². The van der Waals surface area contributed by atoms with Gasteiger partial charge < -0.3 is 4.74 Å². The van der Waals surface area contributed by atoms with Crippen LogP contribution in [0.1, 0.15) is 12.6 Å². The van der Waals surface area contributed by atoms with E-state index in [1.165, 1.54) is 10.9 Å². The first-order valence-corrected chi connectivity index (χ1v) is 7.83. The van der Waals surface area contributed by atoms with E-state index in [0.717, 1.165) is 25.3 Å². The Kier molecular flexibility index (Phi) is 5.57. The lowest BCUT2D eigenvalue weighted by Crippen LogP contribution is -2.28. The zero-order valence-electron chi connectivity index (χ0n) is 12.3. The van der Waals surface area contributed by atoms with Gasteiger partial charge in [0.1, 0.15) is 0 Å². The molecule has 1 heterocycles. The first-order valence-electron chi connectivity index (χ1n) is 6.91. The van der Waals surface area contributed by atoms with E-state index in [-0.39, 0.29) is 0 Å². The minimum absolute atomic E-state index is 0.344. The zero-order chi connectivity index (χ0) is 14.5. The standard InChI is InChI=1S/C15H22BrN3O/c1-4-19-15-8-6-5-7-13(15)14(17-19)10-18(2)9-12(16)11-20-3/h5-8,12H,4,9-11H2,1-3H3. The number of hydrogen-bond acceptors (Lipinski definition) is 3. The van der Waals surface area contributed by atoms with Crippen LogP contribution in [-0.2, 0) is 17.8 Å². The van der Waals surface area contributed by atoms with Crippen LogP contribution in [0.15, 0.2) is 24.3 Å². The van der Waals surface area contributed by atoms with Crippen LogP contribution in [0, 0.1) is 0 Å². The van der Waals surface area contributed by atoms with Crippen LogP contribution < -0.4 is 0 Å². The first kappa shape index (κ1) is 15.5. The number of aryl methyl sites for hydroxylation is 1. The number of fused-ring (bicyclic) bond motifs is 1. The molecule has 110 valence electrons. The van der Waals surface area contributed by atoms with E-state index in [0.29, 0.717) is 11.4 Å². The van der Waals surface area contributed by atoms with E-state index >= 15 is 0 Å². The highest BCUT2D eigenvalue weighted by Gasteiger charge is 2.13. The van der Waals surface area contributed by atoms with Gasteiger partial charge in [-0.2, -0.15) is 5.10 Å². The molecule has 0 bridgehead atoms. The number of hydrogen-bond donors (Lipinski definition) is 0. The molecular formula is C15H22BrN3O. The number of benzene rings is 1. The van der Waals surface area contributed by atoms with Gasteiger partial charge in [-0.15, -0.1) is 0 Å². The van der Waals surface area contributed by atoms with Crippen LogP contribution in [0.25, 0.3) is 10.9 Å². The second-order valence-corrected chi connectivity index (χ2v) is 6.32. The largest absolute Gasteiger partial charge is 0.383 e. The monoisotopic (exact) mass is 339 g/mol. The van der Waals surface area contributed by atoms with Gasteiger partial charge in [0.2, 0.25) is 0 Å². The minimum Gasteiger partial charge on any atom is -0.383 e. The van der Waals surface area contributed by atoms with Crippen LogP contribution in [0.5, 0.6) is 0 Å². The van der Waals surface area contributed by atoms with Crippen molar-refractivity contribution in [3.63, 3.8) is 0 Å². The summed E-state index contributed by atoms with van der Waals surface area (Å²) in [6.45, 7) is 5.52. The van der Waals surface area contributed by atoms with Crippen LogP contribution in [0.3, 0.4) is 0 Å². The molecule has 0 aliphatic rings. The molecule has 0 amide bonds. The van der Waals surface area contributed by atoms with Gasteiger partial charge >= 0.3 is 0 Å². The number of para-hydroxylation sites is 1. The Labute approximate surface area is 128 Å². The highest BCUT2D eigenvalue weighted by atomic mass is 79.9. The highest BCUT2D eigenvalue weighted by Crippen LogP contribution is 2.19. The molecule has 2 aromatic rings. The van der Waals surface area contributed by atoms with Gasteiger partial charge in [0.25, 0.3) is 0 Å². The van der Waals surface area contributed by atoms with Crippen molar-refractivity contribution in [2.75, 3.05) is 27.3 Å². The van der Waals surface area contributed by atoms with E-state index in [4.69, 9.17) is 9.84 Å². The van der Waals surface area contributed by atoms with E-state index < -0.39 is 0 Å². The normalized spacial score (nSPS) is 13.2. The summed E-state index contributed by atoms with van der Waals surface area (Å²) in [6, 6.07) is 8.43. The van der Waals surface area contributed by atoms with Gasteiger partial charge in [0, 0.05) is 32.1 Å². The molecule has 0 aliphatic heterocycles. The number of rotatable bonds is 7. The highest BCUT2D eigenvalue weighted by molar-refractivity contribution is 9.09. The number of halogens is 1. The van der Waals surface area contributed by atoms with E-state index in [1.54, 1.807) is 7.11 Å². The maximum atomic E-state index is 5.15. The predicted molar refractivity (Wildman–Crippen MR) is 86.3 cm³/mol. The fraction of sp³-hybridized carbons (Fsp3) is 0.533. The van der Waals surface area contributed by atoms with Gasteiger partial charge in [0.15, 0.2) is 0 Å². The summed E-state index contributed by atoms with van der Waals surface area (Å²) < 4.78 is 7.22. The summed E-state index contributed by atoms with van der Waals surface area (Å²) in [6.07, 6.45) is 0. The SMILES string of the molecule is CCn1nc(CN(C)CC(Br)COC)c2ccccc21. The Morgan fingerprint density at radius 1 is 1.40 bits per heavy atom. The molecule has 5 heteroatoms. The Balaban J connectivity index is 2.13. The Hall–Kier alpha value is -0.910. The molecule has 0 saturated heterocycles. The van der Waals surface area contributed by atoms with Crippen LogP contribution in [0.4, 0.5) is 0 Å². The van der Waals surface area contributed by atoms with Gasteiger partial charge in [-0.1, -0.05) is 34.1 Å². The van der Waals surface area contributed by atoms with Crippen LogP contribution >= 0.6 is 15.9 Å². The van der Waals surface area contributed by atoms with Crippen molar-refractivity contribution in [2.24, 2.45) is 0 Å². The van der Waals surface area contributed by atoms with Crippen molar-refractivity contribution in [3.05, 3.63) is 30.0 Å². The van der Waals surface area contributed by atoms with Crippen molar-refractivity contribution < 1.29 is 4.74 Å². The maximum absolute atomic E-state index is 5.15. The average Bonchev–Trinajstić information content (AvgIpc) is 2.77. The van der Waals surface area contributed by atoms with Crippen LogP contribution in [-0.4, -0.2) is 46.8 Å². The molecule has 0 aliphatic carbocycles. The summed E-state index contributed by atoms with van der Waals surface area (Å²) in [5.41, 5.74) is 2.35. The third-order valence-electron chi connectivity index (χ3n) is 3.31. The minimum atomic E-state index is 0.344. The Bertz CT molecular complexity index is 555. The molecule has 0 saturated carbocycles. The molecular weight excluding hydrogens is 318 g/mol. The predicted octanol–water partition coefficient (Wildman–Crippen LogP) is 2.90. The van der Waals surface area contributed by atoms with E-state index in [1.807, 2.05) is 0 Å². The second-order valence-electron chi connectivity index (χ2n) is 5.03. The van der Waals surface area contributed by atoms with Gasteiger partial charge in [-0.05, 0) is 20.0 Å². The molecule has 2 rings (SSSR count). The quantitative estimate of drug-likeness (QED) is 0.726. The van der Waals surface area contributed by atoms with Crippen molar-refractivity contribution in [2.45, 2.75) is 24.8 Å². The smallest absolute Gasteiger partial charge is 0.0843 e. The Morgan fingerprint density at radius 2 is 2.15 bits per heavy atom. The van der Waals surface area contributed by atoms with E-state index in [2.05, 4.69) is 63.7 Å². The summed E-state index contributed by atoms with van der Waals surface area (Å²) in [7, 11) is 3.84. The van der Waals surface area contributed by atoms with Crippen molar-refractivity contribution in [1.29, 1.82) is 0 Å². The number of ether oxygens (including phenoxy) is 1. The molecule has 20 heavy (non-hydrogen) atoms. The van der Waals surface area contributed by atoms with Crippen molar-refractivity contribution in [3.8, 4) is 0 Å². The molecule has 0 N–H and O–H groups in total. The number of alkyl halides is 1. The van der Waals surface area contributed by atoms with Gasteiger partial charge in [0.05, 0.1) is 22.6 Å². The topological polar surface area (TPSA) is 30.3 Å². The molecule has 1 aromatic carbocycles. The Morgan fingerprint density at radius 3 is 2.85 bits per heavy atom. The molecule has 1 aromatic heterocycles. The molecule has 0 spiro atoms. The number of aromatic nitrogens is 2. The molecule has 0 radical (unpaired) electrons. The lowest BCUT2D eigenvalue weighted by Gasteiger charge is -2.18. The summed E-state index contributed by atoms with van der Waals surface area (Å²) in [5.74, 6) is 0. The summed E-state index contributed by atoms with van der Waals surface area (Å²) >= 11 is 3.63. The van der Waals surface area contributed by atoms with E-state index in [9.17, 15) is 0 Å². The van der Waals surface area contributed by atoms with Gasteiger partial charge in [-0.25, -0.2) is 0 Å². The molecule has 1 atom stereocenters. The maximum Gasteiger partial charge on any atom is 0.0843 e. The lowest BCUT2D eigenvalue weighted by atomic mass is 10.2. The summed E-state index contributed by atoms with van der Waals surface area (Å²) in [5, 5.41) is 5.98. The molecule has 1 unspecified atom stereocenters. The third-order valence-corrected chi connectivity index (χ3v) is 3.86. The fourth-order valence-electron chi connectivity index (χ4n) is 2.45. The first-order chi connectivity index (χ1) is 9.65. The zero-order valence-corrected chi connectivity index (χ0v) is 13.9. The molecule has 0 fully saturated rings.